The summed E-state index contributed by atoms with van der Waals surface area (Å²) in [5.41, 5.74) is 4.49. The first kappa shape index (κ1) is 20.9. The lowest BCUT2D eigenvalue weighted by Gasteiger charge is -2.14. The topological polar surface area (TPSA) is 100 Å². The van der Waals surface area contributed by atoms with Crippen molar-refractivity contribution in [1.82, 2.24) is 34.8 Å². The number of nitrogens with zero attached hydrogens (tertiary/aromatic N) is 5. The van der Waals surface area contributed by atoms with Gasteiger partial charge >= 0.3 is 0 Å². The third kappa shape index (κ3) is 3.73. The van der Waals surface area contributed by atoms with Crippen molar-refractivity contribution in [2.24, 2.45) is 0 Å². The number of pyridine rings is 1. The molecule has 1 saturated heterocycles. The van der Waals surface area contributed by atoms with Gasteiger partial charge in [-0.15, -0.1) is 0 Å². The summed E-state index contributed by atoms with van der Waals surface area (Å²) >= 11 is 1.39. The first-order chi connectivity index (χ1) is 15.5. The molecule has 5 heterocycles. The Morgan fingerprint density at radius 2 is 2.16 bits per heavy atom. The van der Waals surface area contributed by atoms with E-state index in [1.54, 1.807) is 11.6 Å². The van der Waals surface area contributed by atoms with Gasteiger partial charge in [0, 0.05) is 30.4 Å². The fraction of sp³-hybridized carbons (Fsp3) is 0.455. The van der Waals surface area contributed by atoms with Gasteiger partial charge < -0.3 is 19.9 Å². The second kappa shape index (κ2) is 8.51. The van der Waals surface area contributed by atoms with Crippen molar-refractivity contribution >= 4 is 33.2 Å². The van der Waals surface area contributed by atoms with Gasteiger partial charge in [-0.05, 0) is 37.9 Å². The molecule has 0 aromatic carbocycles. The third-order valence-electron chi connectivity index (χ3n) is 5.92. The zero-order valence-electron chi connectivity index (χ0n) is 18.5. The van der Waals surface area contributed by atoms with Gasteiger partial charge in [-0.25, -0.2) is 14.5 Å². The maximum absolute atomic E-state index is 12.7. The molecule has 0 atom stereocenters. The van der Waals surface area contributed by atoms with Crippen LogP contribution in [0.5, 0.6) is 5.75 Å². The number of thiazole rings is 1. The number of methoxy groups -OCH3 is 1. The normalized spacial score (nSPS) is 14.8. The number of nitrogens with one attached hydrogen (secondary N) is 2. The summed E-state index contributed by atoms with van der Waals surface area (Å²) in [6.45, 7) is 8.05. The van der Waals surface area contributed by atoms with E-state index in [1.807, 2.05) is 12.3 Å². The number of aromatic nitrogens is 5. The van der Waals surface area contributed by atoms with E-state index in [0.29, 0.717) is 22.9 Å². The number of aromatic amines is 1. The summed E-state index contributed by atoms with van der Waals surface area (Å²) in [4.78, 5) is 28.4. The lowest BCUT2D eigenvalue weighted by atomic mass is 9.99. The molecule has 9 nitrogen and oxygen atoms in total. The number of ether oxygens (including phenoxy) is 1. The van der Waals surface area contributed by atoms with Crippen LogP contribution in [-0.4, -0.2) is 68.7 Å². The molecular formula is C22H27N7O2S. The summed E-state index contributed by atoms with van der Waals surface area (Å²) in [6.07, 6.45) is 5.94. The van der Waals surface area contributed by atoms with Crippen molar-refractivity contribution in [1.29, 1.82) is 0 Å². The summed E-state index contributed by atoms with van der Waals surface area (Å²) in [6, 6.07) is 1.96. The number of carbonyl (C=O) groups excluding carboxylic acids is 1. The first-order valence-electron chi connectivity index (χ1n) is 11.0. The molecule has 1 fully saturated rings. The number of amides is 1. The summed E-state index contributed by atoms with van der Waals surface area (Å²) < 4.78 is 7.23. The molecule has 0 bridgehead atoms. The van der Waals surface area contributed by atoms with Gasteiger partial charge in [-0.3, -0.25) is 4.79 Å². The molecule has 0 spiro atoms. The standard InChI is InChI=1S/C22H27N7O2S/c1-13(2)16-17(14-10-15(31-3)19-24-12-25-29(19)11-14)26-21-18(16)27-22(32-21)20(30)23-6-9-28-7-4-5-8-28/h10-13,26H,4-9H2,1-3H3,(H,23,30). The van der Waals surface area contributed by atoms with Crippen LogP contribution >= 0.6 is 11.3 Å². The Morgan fingerprint density at radius 3 is 2.91 bits per heavy atom. The van der Waals surface area contributed by atoms with E-state index in [9.17, 15) is 4.79 Å². The summed E-state index contributed by atoms with van der Waals surface area (Å²) in [5, 5.41) is 7.78. The zero-order chi connectivity index (χ0) is 22.2. The number of carbonyl (C=O) groups is 1. The zero-order valence-corrected chi connectivity index (χ0v) is 19.3. The predicted octanol–water partition coefficient (Wildman–Crippen LogP) is 3.29. The number of fused-ring (bicyclic) bond motifs is 2. The Bertz CT molecular complexity index is 1270. The summed E-state index contributed by atoms with van der Waals surface area (Å²) in [5.74, 6) is 0.754. The van der Waals surface area contributed by atoms with Gasteiger partial charge in [0.2, 0.25) is 0 Å². The van der Waals surface area contributed by atoms with E-state index in [1.165, 1.54) is 30.5 Å². The molecule has 1 amide bonds. The van der Waals surface area contributed by atoms with Gasteiger partial charge in [-0.2, -0.15) is 5.10 Å². The molecule has 4 aromatic rings. The fourth-order valence-corrected chi connectivity index (χ4v) is 5.27. The van der Waals surface area contributed by atoms with E-state index in [-0.39, 0.29) is 11.8 Å². The Kier molecular flexibility index (Phi) is 5.56. The molecular weight excluding hydrogens is 426 g/mol. The Balaban J connectivity index is 1.44. The van der Waals surface area contributed by atoms with Crippen LogP contribution in [0.15, 0.2) is 18.6 Å². The second-order valence-corrected chi connectivity index (χ2v) is 9.39. The lowest BCUT2D eigenvalue weighted by Crippen LogP contribution is -2.33. The molecule has 168 valence electrons. The molecule has 0 aliphatic carbocycles. The van der Waals surface area contributed by atoms with Crippen LogP contribution in [0, 0.1) is 0 Å². The lowest BCUT2D eigenvalue weighted by molar-refractivity contribution is 0.0949. The van der Waals surface area contributed by atoms with Crippen LogP contribution < -0.4 is 10.1 Å². The largest absolute Gasteiger partial charge is 0.493 e. The smallest absolute Gasteiger partial charge is 0.280 e. The number of rotatable bonds is 7. The Hall–Kier alpha value is -2.98. The Labute approximate surface area is 189 Å². The molecule has 5 rings (SSSR count). The van der Waals surface area contributed by atoms with Crippen molar-refractivity contribution in [3.05, 3.63) is 29.2 Å². The summed E-state index contributed by atoms with van der Waals surface area (Å²) in [7, 11) is 1.63. The quantitative estimate of drug-likeness (QED) is 0.445. The number of H-pyrrole nitrogens is 1. The van der Waals surface area contributed by atoms with Crippen molar-refractivity contribution < 1.29 is 9.53 Å². The van der Waals surface area contributed by atoms with Crippen LogP contribution in [-0.2, 0) is 0 Å². The second-order valence-electron chi connectivity index (χ2n) is 8.40. The highest BCUT2D eigenvalue weighted by molar-refractivity contribution is 7.20. The van der Waals surface area contributed by atoms with Crippen LogP contribution in [0.25, 0.3) is 27.3 Å². The van der Waals surface area contributed by atoms with Gasteiger partial charge in [0.25, 0.3) is 5.91 Å². The van der Waals surface area contributed by atoms with Gasteiger partial charge in [0.05, 0.1) is 12.8 Å². The minimum absolute atomic E-state index is 0.110. The van der Waals surface area contributed by atoms with E-state index in [2.05, 4.69) is 39.1 Å². The molecule has 10 heteroatoms. The molecule has 2 N–H and O–H groups in total. The van der Waals surface area contributed by atoms with Crippen molar-refractivity contribution in [3.63, 3.8) is 0 Å². The SMILES string of the molecule is COc1cc(-c2[nH]c3sc(C(=O)NCCN4CCCC4)nc3c2C(C)C)cn2ncnc12. The molecule has 32 heavy (non-hydrogen) atoms. The number of hydrogen-bond donors (Lipinski definition) is 2. The highest BCUT2D eigenvalue weighted by Gasteiger charge is 2.23. The fourth-order valence-electron chi connectivity index (χ4n) is 4.37. The van der Waals surface area contributed by atoms with Crippen LogP contribution in [0.2, 0.25) is 0 Å². The van der Waals surface area contributed by atoms with Crippen LogP contribution in [0.1, 0.15) is 48.0 Å². The van der Waals surface area contributed by atoms with E-state index in [4.69, 9.17) is 9.72 Å². The molecule has 0 saturated carbocycles. The highest BCUT2D eigenvalue weighted by atomic mass is 32.1. The average Bonchev–Trinajstić information content (AvgIpc) is 3.55. The monoisotopic (exact) mass is 453 g/mol. The molecule has 0 radical (unpaired) electrons. The maximum atomic E-state index is 12.7. The van der Waals surface area contributed by atoms with Gasteiger partial charge in [0.15, 0.2) is 16.4 Å². The first-order valence-corrected chi connectivity index (χ1v) is 11.8. The molecule has 1 aliphatic rings. The molecule has 0 unspecified atom stereocenters. The van der Waals surface area contributed by atoms with Crippen molar-refractivity contribution in [3.8, 4) is 17.0 Å². The molecule has 1 aliphatic heterocycles. The van der Waals surface area contributed by atoms with Crippen LogP contribution in [0.3, 0.4) is 0 Å². The molecule has 4 aromatic heterocycles. The number of likely N-dealkylation sites (tertiary alicyclic amines) is 1. The minimum Gasteiger partial charge on any atom is -0.493 e. The predicted molar refractivity (Wildman–Crippen MR) is 125 cm³/mol. The van der Waals surface area contributed by atoms with Gasteiger partial charge in [-0.1, -0.05) is 25.2 Å². The maximum Gasteiger partial charge on any atom is 0.280 e. The Morgan fingerprint density at radius 1 is 1.34 bits per heavy atom. The third-order valence-corrected chi connectivity index (χ3v) is 6.89. The highest BCUT2D eigenvalue weighted by Crippen LogP contribution is 2.38. The van der Waals surface area contributed by atoms with Gasteiger partial charge in [0.1, 0.15) is 16.7 Å². The minimum atomic E-state index is -0.110. The van der Waals surface area contributed by atoms with E-state index < -0.39 is 0 Å². The number of hydrogen-bond acceptors (Lipinski definition) is 7. The van der Waals surface area contributed by atoms with Crippen LogP contribution in [0.4, 0.5) is 0 Å². The average molecular weight is 454 g/mol. The van der Waals surface area contributed by atoms with Crippen molar-refractivity contribution in [2.45, 2.75) is 32.6 Å². The van der Waals surface area contributed by atoms with E-state index >= 15 is 0 Å². The van der Waals surface area contributed by atoms with E-state index in [0.717, 1.165) is 46.8 Å². The van der Waals surface area contributed by atoms with Crippen molar-refractivity contribution in [2.75, 3.05) is 33.3 Å².